The summed E-state index contributed by atoms with van der Waals surface area (Å²) in [5, 5.41) is 6.49. The molecule has 0 bridgehead atoms. The number of rotatable bonds is 4. The molecule has 1 aromatic heterocycles. The molecule has 2 aliphatic rings. The molecular weight excluding hydrogens is 374 g/mol. The van der Waals surface area contributed by atoms with Crippen molar-refractivity contribution in [3.8, 4) is 0 Å². The lowest BCUT2D eigenvalue weighted by Crippen LogP contribution is -2.36. The minimum atomic E-state index is 0.733. The smallest absolute Gasteiger partial charge is 0.161 e. The zero-order chi connectivity index (χ0) is 20.5. The van der Waals surface area contributed by atoms with Gasteiger partial charge in [0.15, 0.2) is 5.82 Å². The van der Waals surface area contributed by atoms with Crippen LogP contribution in [0.3, 0.4) is 0 Å². The third-order valence-electron chi connectivity index (χ3n) is 5.63. The number of hydrogen-bond donors (Lipinski definition) is 0. The highest BCUT2D eigenvalue weighted by atomic mass is 16.5. The third-order valence-corrected chi connectivity index (χ3v) is 5.63. The van der Waals surface area contributed by atoms with E-state index >= 15 is 0 Å². The van der Waals surface area contributed by atoms with Crippen molar-refractivity contribution >= 4 is 22.4 Å². The fourth-order valence-electron chi connectivity index (χ4n) is 3.91. The average Bonchev–Trinajstić information content (AvgIpc) is 3.14. The number of hydrazone groups is 1. The Morgan fingerprint density at radius 3 is 2.60 bits per heavy atom. The van der Waals surface area contributed by atoms with Gasteiger partial charge in [-0.2, -0.15) is 5.10 Å². The predicted octanol–water partition coefficient (Wildman–Crippen LogP) is 3.64. The van der Waals surface area contributed by atoms with Crippen molar-refractivity contribution < 1.29 is 4.74 Å². The van der Waals surface area contributed by atoms with Crippen LogP contribution in [0.4, 0.5) is 5.69 Å². The van der Waals surface area contributed by atoms with Crippen molar-refractivity contribution in [2.45, 2.75) is 6.54 Å². The highest BCUT2D eigenvalue weighted by Gasteiger charge is 2.20. The first-order chi connectivity index (χ1) is 14.7. The maximum Gasteiger partial charge on any atom is 0.161 e. The topological polar surface area (TPSA) is 45.9 Å². The van der Waals surface area contributed by atoms with Crippen molar-refractivity contribution in [1.29, 1.82) is 0 Å². The van der Waals surface area contributed by atoms with Gasteiger partial charge in [0.1, 0.15) is 5.71 Å². The number of allylic oxidation sites excluding steroid dienone is 2. The second kappa shape index (κ2) is 7.80. The van der Waals surface area contributed by atoms with E-state index in [1.54, 1.807) is 5.01 Å². The van der Waals surface area contributed by atoms with E-state index in [9.17, 15) is 0 Å². The van der Waals surface area contributed by atoms with Crippen molar-refractivity contribution in [3.05, 3.63) is 84.3 Å². The van der Waals surface area contributed by atoms with E-state index in [2.05, 4.69) is 58.5 Å². The number of hydrogen-bond acceptors (Lipinski definition) is 5. The first-order valence-electron chi connectivity index (χ1n) is 10.3. The highest BCUT2D eigenvalue weighted by Crippen LogP contribution is 2.26. The van der Waals surface area contributed by atoms with Crippen LogP contribution < -0.4 is 4.90 Å². The normalized spacial score (nSPS) is 17.0. The molecule has 3 aromatic rings. The van der Waals surface area contributed by atoms with Crippen LogP contribution >= 0.6 is 0 Å². The zero-order valence-corrected chi connectivity index (χ0v) is 17.2. The van der Waals surface area contributed by atoms with E-state index in [1.807, 2.05) is 25.3 Å². The Labute approximate surface area is 176 Å². The summed E-state index contributed by atoms with van der Waals surface area (Å²) in [5.74, 6) is 0.864. The van der Waals surface area contributed by atoms with Crippen molar-refractivity contribution in [2.24, 2.45) is 5.10 Å². The standard InChI is InChI=1S/C24H25N5O/c1-18-8-10-22(26-27(18)2)24-25-21-11-9-20(28-12-14-30-15-13-28)16-23(21)29(24)17-19-6-4-3-5-7-19/h3-11,16H,1,12-15,17H2,2H3. The summed E-state index contributed by atoms with van der Waals surface area (Å²) in [4.78, 5) is 7.33. The molecule has 0 unspecified atom stereocenters. The number of anilines is 1. The fraction of sp³-hybridized carbons (Fsp3) is 0.250. The van der Waals surface area contributed by atoms with Crippen LogP contribution in [0.25, 0.3) is 11.0 Å². The largest absolute Gasteiger partial charge is 0.378 e. The SMILES string of the molecule is C=C1C=CC(c2nc3ccc(N4CCOCC4)cc3n2Cc2ccccc2)=NN1C. The van der Waals surface area contributed by atoms with Crippen LogP contribution in [0, 0.1) is 0 Å². The lowest BCUT2D eigenvalue weighted by molar-refractivity contribution is 0.122. The summed E-state index contributed by atoms with van der Waals surface area (Å²) in [6.07, 6.45) is 3.97. The van der Waals surface area contributed by atoms with Crippen LogP contribution in [-0.2, 0) is 11.3 Å². The molecular formula is C24H25N5O. The molecule has 0 amide bonds. The van der Waals surface area contributed by atoms with Crippen LogP contribution in [0.15, 0.2) is 78.1 Å². The van der Waals surface area contributed by atoms with Crippen LogP contribution in [0.5, 0.6) is 0 Å². The van der Waals surface area contributed by atoms with Gasteiger partial charge in [0.25, 0.3) is 0 Å². The lowest BCUT2D eigenvalue weighted by Gasteiger charge is -2.28. The van der Waals surface area contributed by atoms with Gasteiger partial charge in [-0.3, -0.25) is 5.01 Å². The molecule has 0 spiro atoms. The Balaban J connectivity index is 1.63. The number of fused-ring (bicyclic) bond motifs is 1. The van der Waals surface area contributed by atoms with Gasteiger partial charge in [-0.1, -0.05) is 36.9 Å². The van der Waals surface area contributed by atoms with Crippen molar-refractivity contribution in [1.82, 2.24) is 14.6 Å². The number of likely N-dealkylation sites (N-methyl/N-ethyl adjacent to an activating group) is 1. The predicted molar refractivity (Wildman–Crippen MR) is 121 cm³/mol. The second-order valence-electron chi connectivity index (χ2n) is 7.61. The summed E-state index contributed by atoms with van der Waals surface area (Å²) in [6.45, 7) is 8.10. The van der Waals surface area contributed by atoms with E-state index in [-0.39, 0.29) is 0 Å². The van der Waals surface area contributed by atoms with E-state index in [0.29, 0.717) is 0 Å². The molecule has 0 radical (unpaired) electrons. The molecule has 2 aliphatic heterocycles. The molecule has 3 heterocycles. The van der Waals surface area contributed by atoms with Gasteiger partial charge in [-0.25, -0.2) is 4.98 Å². The van der Waals surface area contributed by atoms with Crippen LogP contribution in [0.2, 0.25) is 0 Å². The molecule has 0 atom stereocenters. The Hall–Kier alpha value is -3.38. The van der Waals surface area contributed by atoms with Crippen LogP contribution in [0.1, 0.15) is 11.4 Å². The van der Waals surface area contributed by atoms with Gasteiger partial charge in [0.2, 0.25) is 0 Å². The lowest BCUT2D eigenvalue weighted by atomic mass is 10.2. The summed E-state index contributed by atoms with van der Waals surface area (Å²) in [7, 11) is 1.91. The first kappa shape index (κ1) is 18.6. The molecule has 0 aliphatic carbocycles. The Morgan fingerprint density at radius 1 is 1.03 bits per heavy atom. The van der Waals surface area contributed by atoms with Gasteiger partial charge in [0, 0.05) is 32.4 Å². The molecule has 0 saturated carbocycles. The molecule has 30 heavy (non-hydrogen) atoms. The fourth-order valence-corrected chi connectivity index (χ4v) is 3.91. The zero-order valence-electron chi connectivity index (χ0n) is 17.2. The van der Waals surface area contributed by atoms with E-state index in [1.165, 1.54) is 11.3 Å². The van der Waals surface area contributed by atoms with E-state index in [0.717, 1.165) is 61.1 Å². The summed E-state index contributed by atoms with van der Waals surface area (Å²) >= 11 is 0. The average molecular weight is 399 g/mol. The van der Waals surface area contributed by atoms with Crippen molar-refractivity contribution in [3.63, 3.8) is 0 Å². The number of ether oxygens (including phenoxy) is 1. The molecule has 0 N–H and O–H groups in total. The minimum absolute atomic E-state index is 0.733. The summed E-state index contributed by atoms with van der Waals surface area (Å²) in [5.41, 5.74) is 6.22. The minimum Gasteiger partial charge on any atom is -0.378 e. The maximum absolute atomic E-state index is 5.52. The second-order valence-corrected chi connectivity index (χ2v) is 7.61. The number of benzene rings is 2. The molecule has 6 heteroatoms. The Kier molecular flexibility index (Phi) is 4.85. The molecule has 152 valence electrons. The van der Waals surface area contributed by atoms with Gasteiger partial charge < -0.3 is 14.2 Å². The van der Waals surface area contributed by atoms with Crippen LogP contribution in [-0.4, -0.2) is 53.6 Å². The quantitative estimate of drug-likeness (QED) is 0.672. The number of morpholine rings is 1. The first-order valence-corrected chi connectivity index (χ1v) is 10.3. The molecule has 1 fully saturated rings. The third kappa shape index (κ3) is 3.50. The molecule has 2 aromatic carbocycles. The van der Waals surface area contributed by atoms with Gasteiger partial charge in [0.05, 0.1) is 29.9 Å². The monoisotopic (exact) mass is 399 g/mol. The Morgan fingerprint density at radius 2 is 1.83 bits per heavy atom. The van der Waals surface area contributed by atoms with Gasteiger partial charge in [-0.15, -0.1) is 0 Å². The van der Waals surface area contributed by atoms with Crippen molar-refractivity contribution in [2.75, 3.05) is 38.3 Å². The molecule has 5 rings (SSSR count). The maximum atomic E-state index is 5.52. The molecule has 1 saturated heterocycles. The Bertz CT molecular complexity index is 1140. The highest BCUT2D eigenvalue weighted by molar-refractivity contribution is 6.08. The van der Waals surface area contributed by atoms with Gasteiger partial charge in [-0.05, 0) is 35.9 Å². The number of imidazole rings is 1. The molecule has 6 nitrogen and oxygen atoms in total. The van der Waals surface area contributed by atoms with Gasteiger partial charge >= 0.3 is 0 Å². The number of aromatic nitrogens is 2. The summed E-state index contributed by atoms with van der Waals surface area (Å²) < 4.78 is 7.78. The summed E-state index contributed by atoms with van der Waals surface area (Å²) in [6, 6.07) is 17.0. The van der Waals surface area contributed by atoms with E-state index in [4.69, 9.17) is 14.8 Å². The van der Waals surface area contributed by atoms with E-state index < -0.39 is 0 Å². The number of nitrogens with zero attached hydrogens (tertiary/aromatic N) is 5.